The maximum Gasteiger partial charge on any atom is 0.334 e. The van der Waals surface area contributed by atoms with Crippen molar-refractivity contribution in [2.24, 2.45) is 0 Å². The molecule has 0 aliphatic carbocycles. The van der Waals surface area contributed by atoms with Gasteiger partial charge in [-0.05, 0) is 12.1 Å². The Morgan fingerprint density at radius 1 is 1.36 bits per heavy atom. The Morgan fingerprint density at radius 3 is 2.92 bits per heavy atom. The van der Waals surface area contributed by atoms with E-state index >= 15 is 0 Å². The van der Waals surface area contributed by atoms with Gasteiger partial charge < -0.3 is 19.2 Å². The highest BCUT2D eigenvalue weighted by molar-refractivity contribution is 5.78. The van der Waals surface area contributed by atoms with Crippen molar-refractivity contribution in [3.8, 4) is 11.3 Å². The molecule has 1 amide bonds. The molecule has 1 aliphatic rings. The number of ether oxygens (including phenoxy) is 1. The topological polar surface area (TPSA) is 92.9 Å². The molecule has 3 rings (SSSR count). The van der Waals surface area contributed by atoms with Crippen LogP contribution in [0, 0.1) is 5.82 Å². The average Bonchev–Trinajstić information content (AvgIpc) is 3.09. The van der Waals surface area contributed by atoms with Crippen LogP contribution >= 0.6 is 0 Å². The lowest BCUT2D eigenvalue weighted by Gasteiger charge is -2.30. The Bertz CT molecular complexity index is 776. The highest BCUT2D eigenvalue weighted by atomic mass is 19.1. The monoisotopic (exact) mass is 348 g/mol. The number of rotatable bonds is 5. The number of carboxylic acids is 1. The molecule has 7 nitrogen and oxygen atoms in total. The molecule has 0 spiro atoms. The zero-order valence-electron chi connectivity index (χ0n) is 13.4. The van der Waals surface area contributed by atoms with Gasteiger partial charge in [0.1, 0.15) is 5.82 Å². The normalized spacial score (nSPS) is 17.5. The third-order valence-corrected chi connectivity index (χ3v) is 3.94. The summed E-state index contributed by atoms with van der Waals surface area (Å²) in [6.07, 6.45) is 0.811. The van der Waals surface area contributed by atoms with Crippen LogP contribution in [0.3, 0.4) is 0 Å². The molecule has 132 valence electrons. The van der Waals surface area contributed by atoms with E-state index in [4.69, 9.17) is 14.3 Å². The SMILES string of the molecule is O=C(O)[C@@H]1CN(C(=O)CCc2ncc(-c3ccccc3F)o2)CCO1. The number of oxazole rings is 1. The molecule has 2 aromatic rings. The number of aliphatic carboxylic acids is 1. The fraction of sp³-hybridized carbons (Fsp3) is 0.353. The van der Waals surface area contributed by atoms with Crippen molar-refractivity contribution in [1.29, 1.82) is 0 Å². The first-order valence-corrected chi connectivity index (χ1v) is 7.86. The lowest BCUT2D eigenvalue weighted by molar-refractivity contribution is -0.159. The number of morpholine rings is 1. The van der Waals surface area contributed by atoms with Gasteiger partial charge in [-0.1, -0.05) is 12.1 Å². The molecular weight excluding hydrogens is 331 g/mol. The molecule has 1 saturated heterocycles. The van der Waals surface area contributed by atoms with E-state index in [1.54, 1.807) is 18.2 Å². The van der Waals surface area contributed by atoms with Crippen LogP contribution in [0.2, 0.25) is 0 Å². The number of carbonyl (C=O) groups excluding carboxylic acids is 1. The van der Waals surface area contributed by atoms with Crippen molar-refractivity contribution in [3.63, 3.8) is 0 Å². The molecule has 25 heavy (non-hydrogen) atoms. The van der Waals surface area contributed by atoms with Crippen molar-refractivity contribution in [3.05, 3.63) is 42.2 Å². The Labute approximate surface area is 143 Å². The number of aromatic nitrogens is 1. The lowest BCUT2D eigenvalue weighted by atomic mass is 10.2. The van der Waals surface area contributed by atoms with Crippen LogP contribution in [0.25, 0.3) is 11.3 Å². The number of halogens is 1. The Hall–Kier alpha value is -2.74. The van der Waals surface area contributed by atoms with E-state index in [9.17, 15) is 14.0 Å². The zero-order valence-corrected chi connectivity index (χ0v) is 13.4. The van der Waals surface area contributed by atoms with Gasteiger partial charge in [0, 0.05) is 19.4 Å². The highest BCUT2D eigenvalue weighted by Gasteiger charge is 2.28. The van der Waals surface area contributed by atoms with E-state index in [1.165, 1.54) is 17.2 Å². The van der Waals surface area contributed by atoms with Crippen molar-refractivity contribution >= 4 is 11.9 Å². The summed E-state index contributed by atoms with van der Waals surface area (Å²) in [6, 6.07) is 6.20. The van der Waals surface area contributed by atoms with E-state index < -0.39 is 17.9 Å². The molecule has 0 unspecified atom stereocenters. The number of benzene rings is 1. The molecule has 0 bridgehead atoms. The Kier molecular flexibility index (Phi) is 5.08. The first-order valence-electron chi connectivity index (χ1n) is 7.86. The molecule has 1 aliphatic heterocycles. The number of aryl methyl sites for hydroxylation is 1. The van der Waals surface area contributed by atoms with E-state index in [0.29, 0.717) is 23.8 Å². The lowest BCUT2D eigenvalue weighted by Crippen LogP contribution is -2.48. The van der Waals surface area contributed by atoms with Gasteiger partial charge in [-0.2, -0.15) is 0 Å². The smallest absolute Gasteiger partial charge is 0.334 e. The quantitative estimate of drug-likeness (QED) is 0.884. The molecule has 1 fully saturated rings. The predicted octanol–water partition coefficient (Wildman–Crippen LogP) is 1.73. The molecule has 2 heterocycles. The van der Waals surface area contributed by atoms with E-state index in [2.05, 4.69) is 4.98 Å². The summed E-state index contributed by atoms with van der Waals surface area (Å²) in [5.41, 5.74) is 0.310. The number of amides is 1. The van der Waals surface area contributed by atoms with E-state index in [-0.39, 0.29) is 31.9 Å². The van der Waals surface area contributed by atoms with E-state index in [0.717, 1.165) is 0 Å². The van der Waals surface area contributed by atoms with Crippen molar-refractivity contribution < 1.29 is 28.2 Å². The fourth-order valence-electron chi connectivity index (χ4n) is 2.61. The Morgan fingerprint density at radius 2 is 2.16 bits per heavy atom. The van der Waals surface area contributed by atoms with Gasteiger partial charge in [0.2, 0.25) is 5.91 Å². The second kappa shape index (κ2) is 7.43. The van der Waals surface area contributed by atoms with Gasteiger partial charge >= 0.3 is 5.97 Å². The van der Waals surface area contributed by atoms with Gasteiger partial charge in [0.05, 0.1) is 24.9 Å². The third-order valence-electron chi connectivity index (χ3n) is 3.94. The minimum Gasteiger partial charge on any atom is -0.479 e. The summed E-state index contributed by atoms with van der Waals surface area (Å²) in [7, 11) is 0. The standard InChI is InChI=1S/C17H17FN2O5/c18-12-4-2-1-3-11(12)13-9-19-15(25-13)5-6-16(21)20-7-8-24-14(10-20)17(22)23/h1-4,9,14H,5-8,10H2,(H,22,23)/t14-/m0/s1. The first-order chi connectivity index (χ1) is 12.0. The maximum absolute atomic E-state index is 13.7. The largest absolute Gasteiger partial charge is 0.479 e. The molecule has 1 aromatic heterocycles. The van der Waals surface area contributed by atoms with Crippen LogP contribution in [-0.2, 0) is 20.7 Å². The molecule has 1 N–H and O–H groups in total. The minimum atomic E-state index is -1.08. The van der Waals surface area contributed by atoms with Crippen LogP contribution < -0.4 is 0 Å². The van der Waals surface area contributed by atoms with Crippen molar-refractivity contribution in [2.45, 2.75) is 18.9 Å². The summed E-state index contributed by atoms with van der Waals surface area (Å²) in [5, 5.41) is 8.96. The summed E-state index contributed by atoms with van der Waals surface area (Å²) in [4.78, 5) is 28.7. The molecule has 0 radical (unpaired) electrons. The van der Waals surface area contributed by atoms with Gasteiger partial charge in [0.25, 0.3) is 0 Å². The van der Waals surface area contributed by atoms with Crippen LogP contribution in [0.1, 0.15) is 12.3 Å². The fourth-order valence-corrected chi connectivity index (χ4v) is 2.61. The second-order valence-corrected chi connectivity index (χ2v) is 5.64. The number of carbonyl (C=O) groups is 2. The van der Waals surface area contributed by atoms with Gasteiger partial charge in [-0.15, -0.1) is 0 Å². The van der Waals surface area contributed by atoms with Crippen molar-refractivity contribution in [1.82, 2.24) is 9.88 Å². The average molecular weight is 348 g/mol. The van der Waals surface area contributed by atoms with Crippen LogP contribution in [0.4, 0.5) is 4.39 Å². The van der Waals surface area contributed by atoms with Crippen molar-refractivity contribution in [2.75, 3.05) is 19.7 Å². The number of carboxylic acid groups (broad SMARTS) is 1. The third kappa shape index (κ3) is 4.03. The summed E-state index contributed by atoms with van der Waals surface area (Å²) >= 11 is 0. The summed E-state index contributed by atoms with van der Waals surface area (Å²) in [5.74, 6) is -1.05. The number of hydrogen-bond acceptors (Lipinski definition) is 5. The molecule has 1 aromatic carbocycles. The first kappa shape index (κ1) is 17.1. The summed E-state index contributed by atoms with van der Waals surface area (Å²) in [6.45, 7) is 0.577. The highest BCUT2D eigenvalue weighted by Crippen LogP contribution is 2.23. The molecule has 1 atom stereocenters. The predicted molar refractivity (Wildman–Crippen MR) is 84.2 cm³/mol. The van der Waals surface area contributed by atoms with Crippen LogP contribution in [-0.4, -0.2) is 52.7 Å². The number of hydrogen-bond donors (Lipinski definition) is 1. The van der Waals surface area contributed by atoms with Gasteiger partial charge in [-0.25, -0.2) is 14.2 Å². The molecular formula is C17H17FN2O5. The minimum absolute atomic E-state index is 0.0280. The second-order valence-electron chi connectivity index (χ2n) is 5.64. The van der Waals surface area contributed by atoms with Gasteiger partial charge in [-0.3, -0.25) is 4.79 Å². The Balaban J connectivity index is 1.58. The zero-order chi connectivity index (χ0) is 17.8. The molecule has 0 saturated carbocycles. The van der Waals surface area contributed by atoms with E-state index in [1.807, 2.05) is 0 Å². The number of nitrogens with zero attached hydrogens (tertiary/aromatic N) is 2. The van der Waals surface area contributed by atoms with Crippen LogP contribution in [0.5, 0.6) is 0 Å². The maximum atomic E-state index is 13.7. The van der Waals surface area contributed by atoms with Crippen LogP contribution in [0.15, 0.2) is 34.9 Å². The van der Waals surface area contributed by atoms with Gasteiger partial charge in [0.15, 0.2) is 17.8 Å². The summed E-state index contributed by atoms with van der Waals surface area (Å²) < 4.78 is 24.3. The molecule has 8 heteroatoms.